The summed E-state index contributed by atoms with van der Waals surface area (Å²) in [6.07, 6.45) is 2.08. The predicted molar refractivity (Wildman–Crippen MR) is 133 cm³/mol. The fourth-order valence-electron chi connectivity index (χ4n) is 4.50. The maximum Gasteiger partial charge on any atom is 0.261 e. The molecule has 163 valence electrons. The number of rotatable bonds is 8. The Morgan fingerprint density at radius 3 is 1.52 bits per heavy atom. The van der Waals surface area contributed by atoms with Crippen molar-refractivity contribution in [2.24, 2.45) is 0 Å². The van der Waals surface area contributed by atoms with Crippen LogP contribution in [0.2, 0.25) is 5.04 Å². The summed E-state index contributed by atoms with van der Waals surface area (Å²) in [6, 6.07) is 31.9. The van der Waals surface area contributed by atoms with Gasteiger partial charge in [0, 0.05) is 19.6 Å². The summed E-state index contributed by atoms with van der Waals surface area (Å²) in [6.45, 7) is 11.2. The van der Waals surface area contributed by atoms with Gasteiger partial charge in [0.15, 0.2) is 0 Å². The highest BCUT2D eigenvalue weighted by Gasteiger charge is 2.51. The van der Waals surface area contributed by atoms with Crippen LogP contribution in [-0.4, -0.2) is 21.5 Å². The van der Waals surface area contributed by atoms with Crippen LogP contribution < -0.4 is 10.4 Å². The molecule has 3 aromatic carbocycles. The van der Waals surface area contributed by atoms with E-state index in [9.17, 15) is 0 Å². The normalized spacial score (nSPS) is 15.3. The molecule has 3 aromatic rings. The van der Waals surface area contributed by atoms with Crippen molar-refractivity contribution in [1.29, 1.82) is 0 Å². The fraction of sp³-hybridized carbons (Fsp3) is 0.321. The molecular weight excluding hydrogens is 396 g/mol. The van der Waals surface area contributed by atoms with Gasteiger partial charge in [-0.25, -0.2) is 0 Å². The Labute approximate surface area is 189 Å². The summed E-state index contributed by atoms with van der Waals surface area (Å²) in [7, 11) is -0.850. The molecule has 0 spiro atoms. The molecule has 2 atom stereocenters. The summed E-state index contributed by atoms with van der Waals surface area (Å²) in [4.78, 5) is 0. The average Bonchev–Trinajstić information content (AvgIpc) is 2.78. The van der Waals surface area contributed by atoms with Crippen molar-refractivity contribution in [3.63, 3.8) is 0 Å². The molecule has 0 heterocycles. The Morgan fingerprint density at radius 1 is 0.710 bits per heavy atom. The molecule has 0 saturated heterocycles. The van der Waals surface area contributed by atoms with Gasteiger partial charge < -0.3 is 9.16 Å². The predicted octanol–water partition coefficient (Wildman–Crippen LogP) is 5.72. The Kier molecular flexibility index (Phi) is 7.20. The van der Waals surface area contributed by atoms with Gasteiger partial charge >= 0.3 is 0 Å². The Balaban J connectivity index is 2.05. The van der Waals surface area contributed by atoms with E-state index in [1.54, 1.807) is 7.11 Å². The van der Waals surface area contributed by atoms with Crippen molar-refractivity contribution in [1.82, 2.24) is 0 Å². The second kappa shape index (κ2) is 9.52. The summed E-state index contributed by atoms with van der Waals surface area (Å²) < 4.78 is 13.2. The second-order valence-corrected chi connectivity index (χ2v) is 13.6. The molecular formula is C28H35O2Si. The van der Waals surface area contributed by atoms with Gasteiger partial charge in [-0.05, 0) is 34.8 Å². The van der Waals surface area contributed by atoms with Crippen LogP contribution in [0.4, 0.5) is 0 Å². The Morgan fingerprint density at radius 2 is 1.13 bits per heavy atom. The van der Waals surface area contributed by atoms with E-state index in [2.05, 4.69) is 114 Å². The first-order valence-electron chi connectivity index (χ1n) is 11.0. The molecule has 0 aliphatic rings. The van der Waals surface area contributed by atoms with Gasteiger partial charge in [0.25, 0.3) is 8.32 Å². The third-order valence-corrected chi connectivity index (χ3v) is 11.2. The lowest BCUT2D eigenvalue weighted by atomic mass is 9.90. The maximum absolute atomic E-state index is 7.20. The first-order chi connectivity index (χ1) is 14.7. The SMILES string of the molecule is CO[C@](C)([CH][C@H](C)O[Si](c1ccccc1)(c1ccccc1)C(C)(C)C)c1ccccc1. The molecule has 0 aliphatic heterocycles. The standard InChI is InChI=1S/C28H35O2Si/c1-23(22-28(5,29-6)24-16-10-7-11-17-24)30-31(27(2,3)4,25-18-12-8-13-19-25)26-20-14-9-15-21-26/h7-23H,1-6H3/t23-,28+/m0/s1. The minimum atomic E-state index is -2.61. The van der Waals surface area contributed by atoms with Crippen LogP contribution in [0, 0.1) is 6.42 Å². The number of hydrogen-bond acceptors (Lipinski definition) is 2. The van der Waals surface area contributed by atoms with Crippen molar-refractivity contribution in [2.75, 3.05) is 7.11 Å². The van der Waals surface area contributed by atoms with E-state index in [0.717, 1.165) is 5.56 Å². The highest BCUT2D eigenvalue weighted by atomic mass is 28.4. The van der Waals surface area contributed by atoms with Gasteiger partial charge in [0.05, 0.1) is 5.60 Å². The van der Waals surface area contributed by atoms with Gasteiger partial charge in [-0.15, -0.1) is 0 Å². The third-order valence-electron chi connectivity index (χ3n) is 6.10. The topological polar surface area (TPSA) is 18.5 Å². The lowest BCUT2D eigenvalue weighted by molar-refractivity contribution is 0.0131. The van der Waals surface area contributed by atoms with E-state index >= 15 is 0 Å². The fourth-order valence-corrected chi connectivity index (χ4v) is 9.14. The van der Waals surface area contributed by atoms with E-state index in [0.29, 0.717) is 0 Å². The minimum absolute atomic E-state index is 0.0615. The zero-order valence-electron chi connectivity index (χ0n) is 19.6. The molecule has 3 heteroatoms. The molecule has 2 nitrogen and oxygen atoms in total. The molecule has 1 radical (unpaired) electrons. The van der Waals surface area contributed by atoms with Crippen molar-refractivity contribution in [3.05, 3.63) is 103 Å². The van der Waals surface area contributed by atoms with Crippen LogP contribution in [0.1, 0.15) is 40.2 Å². The number of benzene rings is 3. The highest BCUT2D eigenvalue weighted by molar-refractivity contribution is 6.99. The third kappa shape index (κ3) is 4.84. The second-order valence-electron chi connectivity index (χ2n) is 9.33. The van der Waals surface area contributed by atoms with Gasteiger partial charge in [-0.1, -0.05) is 112 Å². The molecule has 0 unspecified atom stereocenters. The molecule has 0 fully saturated rings. The Bertz CT molecular complexity index is 896. The molecule has 3 rings (SSSR count). The lowest BCUT2D eigenvalue weighted by Crippen LogP contribution is -2.67. The average molecular weight is 432 g/mol. The van der Waals surface area contributed by atoms with Crippen LogP contribution in [0.15, 0.2) is 91.0 Å². The summed E-state index contributed by atoms with van der Waals surface area (Å²) >= 11 is 0. The number of ether oxygens (including phenoxy) is 1. The van der Waals surface area contributed by atoms with Crippen molar-refractivity contribution in [3.8, 4) is 0 Å². The van der Waals surface area contributed by atoms with Gasteiger partial charge in [0.2, 0.25) is 0 Å². The first kappa shape index (κ1) is 23.5. The zero-order chi connectivity index (χ0) is 22.5. The zero-order valence-corrected chi connectivity index (χ0v) is 20.6. The molecule has 31 heavy (non-hydrogen) atoms. The summed E-state index contributed by atoms with van der Waals surface area (Å²) in [5.41, 5.74) is 0.585. The van der Waals surface area contributed by atoms with Gasteiger partial charge in [-0.2, -0.15) is 0 Å². The molecule has 0 aromatic heterocycles. The highest BCUT2D eigenvalue weighted by Crippen LogP contribution is 2.39. The molecule has 0 saturated carbocycles. The van der Waals surface area contributed by atoms with E-state index in [-0.39, 0.29) is 11.1 Å². The maximum atomic E-state index is 7.20. The van der Waals surface area contributed by atoms with Crippen LogP contribution >= 0.6 is 0 Å². The lowest BCUT2D eigenvalue weighted by Gasteiger charge is -2.45. The van der Waals surface area contributed by atoms with Gasteiger partial charge in [0.1, 0.15) is 0 Å². The summed E-state index contributed by atoms with van der Waals surface area (Å²) in [5.74, 6) is 0. The molecule has 0 bridgehead atoms. The minimum Gasteiger partial charge on any atom is -0.404 e. The van der Waals surface area contributed by atoms with Crippen molar-refractivity contribution in [2.45, 2.75) is 51.4 Å². The number of methoxy groups -OCH3 is 1. The van der Waals surface area contributed by atoms with Crippen molar-refractivity contribution < 1.29 is 9.16 Å². The van der Waals surface area contributed by atoms with Crippen LogP contribution in [0.5, 0.6) is 0 Å². The van der Waals surface area contributed by atoms with E-state index in [1.165, 1.54) is 10.4 Å². The Hall–Kier alpha value is -2.20. The molecule has 0 amide bonds. The summed E-state index contributed by atoms with van der Waals surface area (Å²) in [5, 5.41) is 2.51. The van der Waals surface area contributed by atoms with Gasteiger partial charge in [-0.3, -0.25) is 0 Å². The van der Waals surface area contributed by atoms with E-state index < -0.39 is 13.9 Å². The van der Waals surface area contributed by atoms with Crippen LogP contribution in [0.25, 0.3) is 0 Å². The van der Waals surface area contributed by atoms with Crippen LogP contribution in [-0.2, 0) is 14.8 Å². The van der Waals surface area contributed by atoms with Crippen LogP contribution in [0.3, 0.4) is 0 Å². The van der Waals surface area contributed by atoms with E-state index in [4.69, 9.17) is 9.16 Å². The van der Waals surface area contributed by atoms with Crippen molar-refractivity contribution >= 4 is 18.7 Å². The monoisotopic (exact) mass is 431 g/mol. The largest absolute Gasteiger partial charge is 0.404 e. The number of hydrogen-bond donors (Lipinski definition) is 0. The quantitative estimate of drug-likeness (QED) is 0.425. The molecule has 0 N–H and O–H groups in total. The molecule has 0 aliphatic carbocycles. The smallest absolute Gasteiger partial charge is 0.261 e. The first-order valence-corrected chi connectivity index (χ1v) is 12.9. The van der Waals surface area contributed by atoms with E-state index in [1.807, 2.05) is 18.2 Å².